The summed E-state index contributed by atoms with van der Waals surface area (Å²) < 4.78 is 15.4. The number of aliphatic hydroxyl groups excluding tert-OH is 1. The highest BCUT2D eigenvalue weighted by atomic mass is 16.6. The summed E-state index contributed by atoms with van der Waals surface area (Å²) in [7, 11) is 1.48. The maximum absolute atomic E-state index is 9.59. The van der Waals surface area contributed by atoms with Crippen molar-refractivity contribution in [2.24, 2.45) is 0 Å². The first-order chi connectivity index (χ1) is 5.79. The van der Waals surface area contributed by atoms with Crippen molar-refractivity contribution < 1.29 is 19.3 Å². The van der Waals surface area contributed by atoms with E-state index in [4.69, 9.17) is 14.2 Å². The van der Waals surface area contributed by atoms with Gasteiger partial charge < -0.3 is 19.3 Å². The minimum Gasteiger partial charge on any atom is -0.366 e. The molecule has 0 bridgehead atoms. The van der Waals surface area contributed by atoms with Crippen LogP contribution in [0.5, 0.6) is 0 Å². The first-order valence-corrected chi connectivity index (χ1v) is 3.91. The van der Waals surface area contributed by atoms with Crippen molar-refractivity contribution in [2.45, 2.75) is 11.8 Å². The van der Waals surface area contributed by atoms with Gasteiger partial charge in [-0.2, -0.15) is 0 Å². The molecule has 0 amide bonds. The lowest BCUT2D eigenvalue weighted by molar-refractivity contribution is -0.146. The quantitative estimate of drug-likeness (QED) is 0.544. The first kappa shape index (κ1) is 8.40. The smallest absolute Gasteiger partial charge is 0.177 e. The predicted molar refractivity (Wildman–Crippen MR) is 39.2 cm³/mol. The molecule has 0 aliphatic carbocycles. The number of hydrogen-bond donors (Lipinski definition) is 1. The monoisotopic (exact) mass is 175 g/mol. The molecule has 2 saturated heterocycles. The number of nitrogens with zero attached hydrogens (tertiary/aromatic N) is 1. The molecule has 1 unspecified atom stereocenters. The molecule has 1 N–H and O–H groups in total. The summed E-state index contributed by atoms with van der Waals surface area (Å²) in [6.45, 7) is 1.98. The standard InChI is InChI=1S/C7H13NO4/c1-10-6(9)7-2-11-4-8(7)5-12-3-7/h6,9H,2-5H2,1H3. The van der Waals surface area contributed by atoms with Crippen LogP contribution in [-0.4, -0.2) is 55.6 Å². The SMILES string of the molecule is COC(O)C12COCN1COC2. The molecule has 0 radical (unpaired) electrons. The highest BCUT2D eigenvalue weighted by Gasteiger charge is 2.52. The zero-order valence-corrected chi connectivity index (χ0v) is 7.02. The van der Waals surface area contributed by atoms with Gasteiger partial charge in [-0.25, -0.2) is 4.90 Å². The lowest BCUT2D eigenvalue weighted by Gasteiger charge is -2.31. The Hall–Kier alpha value is -0.200. The van der Waals surface area contributed by atoms with E-state index < -0.39 is 11.8 Å². The van der Waals surface area contributed by atoms with Crippen molar-refractivity contribution in [3.8, 4) is 0 Å². The highest BCUT2D eigenvalue weighted by Crippen LogP contribution is 2.31. The van der Waals surface area contributed by atoms with Crippen LogP contribution in [0.4, 0.5) is 0 Å². The second-order valence-electron chi connectivity index (χ2n) is 3.19. The summed E-state index contributed by atoms with van der Waals surface area (Å²) in [5.41, 5.74) is -0.464. The third-order valence-electron chi connectivity index (χ3n) is 2.51. The molecule has 2 aliphatic rings. The Bertz CT molecular complexity index is 165. The molecule has 2 heterocycles. The van der Waals surface area contributed by atoms with Gasteiger partial charge in [0.2, 0.25) is 0 Å². The fourth-order valence-corrected chi connectivity index (χ4v) is 1.70. The second kappa shape index (κ2) is 2.93. The Morgan fingerprint density at radius 3 is 2.50 bits per heavy atom. The van der Waals surface area contributed by atoms with E-state index in [1.165, 1.54) is 7.11 Å². The van der Waals surface area contributed by atoms with E-state index in [0.717, 1.165) is 0 Å². The van der Waals surface area contributed by atoms with E-state index in [9.17, 15) is 5.11 Å². The molecule has 2 aliphatic heterocycles. The maximum Gasteiger partial charge on any atom is 0.177 e. The van der Waals surface area contributed by atoms with Crippen molar-refractivity contribution in [1.82, 2.24) is 4.90 Å². The third-order valence-corrected chi connectivity index (χ3v) is 2.51. The second-order valence-corrected chi connectivity index (χ2v) is 3.19. The van der Waals surface area contributed by atoms with Crippen LogP contribution in [0.3, 0.4) is 0 Å². The number of hydrogen-bond acceptors (Lipinski definition) is 5. The average Bonchev–Trinajstić information content (AvgIpc) is 2.60. The maximum atomic E-state index is 9.59. The van der Waals surface area contributed by atoms with E-state index >= 15 is 0 Å². The van der Waals surface area contributed by atoms with Crippen LogP contribution in [0.2, 0.25) is 0 Å². The Morgan fingerprint density at radius 1 is 1.42 bits per heavy atom. The summed E-state index contributed by atoms with van der Waals surface area (Å²) in [6, 6.07) is 0. The summed E-state index contributed by atoms with van der Waals surface area (Å²) >= 11 is 0. The van der Waals surface area contributed by atoms with Crippen LogP contribution >= 0.6 is 0 Å². The van der Waals surface area contributed by atoms with Gasteiger partial charge in [0.05, 0.1) is 13.2 Å². The van der Waals surface area contributed by atoms with Crippen LogP contribution in [0.25, 0.3) is 0 Å². The topological polar surface area (TPSA) is 51.2 Å². The van der Waals surface area contributed by atoms with Crippen LogP contribution in [-0.2, 0) is 14.2 Å². The van der Waals surface area contributed by atoms with Gasteiger partial charge in [-0.1, -0.05) is 0 Å². The molecule has 70 valence electrons. The summed E-state index contributed by atoms with van der Waals surface area (Å²) in [4.78, 5) is 1.95. The Labute approximate surface area is 70.8 Å². The number of ether oxygens (including phenoxy) is 3. The lowest BCUT2D eigenvalue weighted by atomic mass is 10.0. The summed E-state index contributed by atoms with van der Waals surface area (Å²) in [6.07, 6.45) is -0.831. The molecule has 0 spiro atoms. The van der Waals surface area contributed by atoms with Gasteiger partial charge in [0.15, 0.2) is 6.29 Å². The molecule has 12 heavy (non-hydrogen) atoms. The van der Waals surface area contributed by atoms with Crippen LogP contribution in [0.1, 0.15) is 0 Å². The molecule has 0 saturated carbocycles. The number of aliphatic hydroxyl groups is 1. The fraction of sp³-hybridized carbons (Fsp3) is 1.00. The lowest BCUT2D eigenvalue weighted by Crippen LogP contribution is -2.53. The molecule has 2 fully saturated rings. The largest absolute Gasteiger partial charge is 0.366 e. The molecule has 0 aromatic rings. The van der Waals surface area contributed by atoms with Gasteiger partial charge >= 0.3 is 0 Å². The van der Waals surface area contributed by atoms with Crippen molar-refractivity contribution in [2.75, 3.05) is 33.8 Å². The van der Waals surface area contributed by atoms with E-state index in [1.807, 2.05) is 4.90 Å². The van der Waals surface area contributed by atoms with Crippen molar-refractivity contribution >= 4 is 0 Å². The van der Waals surface area contributed by atoms with Crippen molar-refractivity contribution in [3.63, 3.8) is 0 Å². The van der Waals surface area contributed by atoms with Gasteiger partial charge in [0, 0.05) is 7.11 Å². The molecule has 0 aromatic carbocycles. The Balaban J connectivity index is 2.16. The van der Waals surface area contributed by atoms with Crippen LogP contribution < -0.4 is 0 Å². The van der Waals surface area contributed by atoms with Crippen molar-refractivity contribution in [3.05, 3.63) is 0 Å². The van der Waals surface area contributed by atoms with E-state index in [0.29, 0.717) is 26.7 Å². The molecule has 0 aromatic heterocycles. The van der Waals surface area contributed by atoms with Gasteiger partial charge in [0.1, 0.15) is 19.0 Å². The summed E-state index contributed by atoms with van der Waals surface area (Å²) in [5.74, 6) is 0. The fourth-order valence-electron chi connectivity index (χ4n) is 1.70. The zero-order chi connectivity index (χ0) is 8.60. The molecule has 5 heteroatoms. The predicted octanol–water partition coefficient (Wildman–Crippen LogP) is -1.03. The normalized spacial score (nSPS) is 30.5. The molecular formula is C7H13NO4. The number of methoxy groups -OCH3 is 1. The van der Waals surface area contributed by atoms with Crippen LogP contribution in [0, 0.1) is 0 Å². The van der Waals surface area contributed by atoms with Crippen LogP contribution in [0.15, 0.2) is 0 Å². The van der Waals surface area contributed by atoms with Gasteiger partial charge in [0.25, 0.3) is 0 Å². The van der Waals surface area contributed by atoms with E-state index in [-0.39, 0.29) is 0 Å². The van der Waals surface area contributed by atoms with Gasteiger partial charge in [-0.15, -0.1) is 0 Å². The van der Waals surface area contributed by atoms with E-state index in [1.54, 1.807) is 0 Å². The number of rotatable bonds is 2. The number of fused-ring (bicyclic) bond motifs is 1. The van der Waals surface area contributed by atoms with Gasteiger partial charge in [-0.3, -0.25) is 0 Å². The molecule has 2 rings (SSSR count). The van der Waals surface area contributed by atoms with E-state index in [2.05, 4.69) is 0 Å². The molecular weight excluding hydrogens is 162 g/mol. The van der Waals surface area contributed by atoms with Crippen molar-refractivity contribution in [1.29, 1.82) is 0 Å². The Kier molecular flexibility index (Phi) is 2.05. The highest BCUT2D eigenvalue weighted by molar-refractivity contribution is 4.98. The molecule has 1 atom stereocenters. The first-order valence-electron chi connectivity index (χ1n) is 3.91. The third kappa shape index (κ3) is 0.982. The van der Waals surface area contributed by atoms with Gasteiger partial charge in [-0.05, 0) is 0 Å². The molecule has 5 nitrogen and oxygen atoms in total. The minimum atomic E-state index is -0.831. The summed E-state index contributed by atoms with van der Waals surface area (Å²) in [5, 5.41) is 9.59. The average molecular weight is 175 g/mol. The minimum absolute atomic E-state index is 0.464. The Morgan fingerprint density at radius 2 is 2.00 bits per heavy atom. The zero-order valence-electron chi connectivity index (χ0n) is 7.02.